The maximum atomic E-state index is 12.9. The molecule has 2 aromatic heterocycles. The molecule has 30 heavy (non-hydrogen) atoms. The van der Waals surface area contributed by atoms with Gasteiger partial charge in [0, 0.05) is 31.0 Å². The van der Waals surface area contributed by atoms with E-state index >= 15 is 0 Å². The van der Waals surface area contributed by atoms with E-state index in [9.17, 15) is 4.79 Å². The molecule has 0 aliphatic carbocycles. The molecule has 1 N–H and O–H groups in total. The molecule has 0 atom stereocenters. The van der Waals surface area contributed by atoms with Crippen molar-refractivity contribution in [1.82, 2.24) is 19.6 Å². The Labute approximate surface area is 189 Å². The van der Waals surface area contributed by atoms with Gasteiger partial charge in [0.15, 0.2) is 0 Å². The van der Waals surface area contributed by atoms with E-state index < -0.39 is 0 Å². The number of hydrogen-bond donors (Lipinski definition) is 1. The molecule has 1 aromatic carbocycles. The Bertz CT molecular complexity index is 986. The van der Waals surface area contributed by atoms with Gasteiger partial charge in [0.05, 0.1) is 5.69 Å². The van der Waals surface area contributed by atoms with Crippen LogP contribution >= 0.6 is 24.8 Å². The van der Waals surface area contributed by atoms with E-state index in [1.807, 2.05) is 65.1 Å². The van der Waals surface area contributed by atoms with E-state index in [0.717, 1.165) is 37.3 Å². The van der Waals surface area contributed by atoms with E-state index in [2.05, 4.69) is 17.2 Å². The third kappa shape index (κ3) is 5.45. The second kappa shape index (κ2) is 10.7. The molecule has 0 unspecified atom stereocenters. The minimum atomic E-state index is 0. The first-order chi connectivity index (χ1) is 13.6. The van der Waals surface area contributed by atoms with Crippen LogP contribution in [0.5, 0.6) is 5.75 Å². The molecule has 162 valence electrons. The maximum absolute atomic E-state index is 12.9. The van der Waals surface area contributed by atoms with Gasteiger partial charge in [-0.15, -0.1) is 24.8 Å². The van der Waals surface area contributed by atoms with Crippen molar-refractivity contribution in [2.24, 2.45) is 0 Å². The number of imidazole rings is 1. The van der Waals surface area contributed by atoms with Crippen molar-refractivity contribution in [1.29, 1.82) is 0 Å². The predicted octanol–water partition coefficient (Wildman–Crippen LogP) is 3.89. The zero-order chi connectivity index (χ0) is 19.5. The summed E-state index contributed by atoms with van der Waals surface area (Å²) in [4.78, 5) is 19.3. The van der Waals surface area contributed by atoms with Gasteiger partial charge in [0.1, 0.15) is 18.0 Å². The summed E-state index contributed by atoms with van der Waals surface area (Å²) in [5.74, 6) is 0.721. The molecule has 0 spiro atoms. The van der Waals surface area contributed by atoms with Crippen molar-refractivity contribution in [2.45, 2.75) is 32.4 Å². The van der Waals surface area contributed by atoms with Gasteiger partial charge in [-0.3, -0.25) is 4.79 Å². The Balaban J connectivity index is 0.00000160. The van der Waals surface area contributed by atoms with E-state index in [0.29, 0.717) is 24.0 Å². The first-order valence-corrected chi connectivity index (χ1v) is 9.75. The number of amides is 1. The van der Waals surface area contributed by atoms with E-state index in [-0.39, 0.29) is 30.7 Å². The Hall–Kier alpha value is -2.28. The molecule has 1 saturated heterocycles. The van der Waals surface area contributed by atoms with Crippen LogP contribution in [0.4, 0.5) is 0 Å². The molecular weight excluding hydrogens is 423 g/mol. The highest BCUT2D eigenvalue weighted by Crippen LogP contribution is 2.19. The average molecular weight is 451 g/mol. The van der Waals surface area contributed by atoms with Crippen molar-refractivity contribution in [2.75, 3.05) is 20.1 Å². The van der Waals surface area contributed by atoms with Crippen molar-refractivity contribution in [3.63, 3.8) is 0 Å². The smallest absolute Gasteiger partial charge is 0.253 e. The summed E-state index contributed by atoms with van der Waals surface area (Å²) in [6, 6.07) is 11.7. The highest BCUT2D eigenvalue weighted by Gasteiger charge is 2.23. The number of carbonyl (C=O) groups excluding carboxylic acids is 1. The lowest BCUT2D eigenvalue weighted by molar-refractivity contribution is 0.0702. The number of piperidine rings is 1. The normalized spacial score (nSPS) is 13.9. The van der Waals surface area contributed by atoms with Crippen molar-refractivity contribution in [3.05, 3.63) is 65.6 Å². The van der Waals surface area contributed by atoms with E-state index in [4.69, 9.17) is 4.74 Å². The molecule has 1 aliphatic heterocycles. The van der Waals surface area contributed by atoms with Gasteiger partial charge >= 0.3 is 0 Å². The number of aryl methyl sites for hydroxylation is 1. The van der Waals surface area contributed by atoms with Crippen molar-refractivity contribution >= 4 is 36.4 Å². The van der Waals surface area contributed by atoms with Crippen molar-refractivity contribution < 1.29 is 9.53 Å². The van der Waals surface area contributed by atoms with Crippen LogP contribution in [0, 0.1) is 6.92 Å². The SMILES string of the molecule is Cc1ccc2nc(COc3cccc(C(=O)N(C)C4CCNCC4)c3)cn2c1.Cl.Cl. The van der Waals surface area contributed by atoms with Crippen LogP contribution in [0.3, 0.4) is 0 Å². The zero-order valence-corrected chi connectivity index (χ0v) is 18.8. The number of benzene rings is 1. The lowest BCUT2D eigenvalue weighted by atomic mass is 10.0. The molecule has 8 heteroatoms. The standard InChI is InChI=1S/C22H26N4O2.2ClH/c1-16-6-7-21-24-18(14-26(21)13-16)15-28-20-5-3-4-17(12-20)22(27)25(2)19-8-10-23-11-9-19;;/h3-7,12-14,19,23H,8-11,15H2,1-2H3;2*1H. The van der Waals surface area contributed by atoms with Gasteiger partial charge < -0.3 is 19.4 Å². The number of aromatic nitrogens is 2. The predicted molar refractivity (Wildman–Crippen MR) is 123 cm³/mol. The Kier molecular flexibility index (Phi) is 8.53. The fourth-order valence-corrected chi connectivity index (χ4v) is 3.66. The average Bonchev–Trinajstić information content (AvgIpc) is 3.14. The summed E-state index contributed by atoms with van der Waals surface area (Å²) >= 11 is 0. The second-order valence-electron chi connectivity index (χ2n) is 7.42. The highest BCUT2D eigenvalue weighted by atomic mass is 35.5. The Morgan fingerprint density at radius 2 is 1.97 bits per heavy atom. The van der Waals surface area contributed by atoms with Gasteiger partial charge in [0.25, 0.3) is 5.91 Å². The quantitative estimate of drug-likeness (QED) is 0.640. The monoisotopic (exact) mass is 450 g/mol. The van der Waals surface area contributed by atoms with Gasteiger partial charge in [0.2, 0.25) is 0 Å². The minimum Gasteiger partial charge on any atom is -0.487 e. The fourth-order valence-electron chi connectivity index (χ4n) is 3.66. The maximum Gasteiger partial charge on any atom is 0.253 e. The van der Waals surface area contributed by atoms with Crippen LogP contribution in [0.1, 0.15) is 34.5 Å². The number of fused-ring (bicyclic) bond motifs is 1. The van der Waals surface area contributed by atoms with Gasteiger partial charge in [-0.25, -0.2) is 4.98 Å². The Morgan fingerprint density at radius 3 is 2.73 bits per heavy atom. The molecular formula is C22H28Cl2N4O2. The number of hydrogen-bond acceptors (Lipinski definition) is 4. The summed E-state index contributed by atoms with van der Waals surface area (Å²) < 4.78 is 7.91. The lowest BCUT2D eigenvalue weighted by Crippen LogP contribution is -2.43. The molecule has 4 rings (SSSR count). The molecule has 0 bridgehead atoms. The number of nitrogens with zero attached hydrogens (tertiary/aromatic N) is 3. The van der Waals surface area contributed by atoms with Crippen LogP contribution in [0.2, 0.25) is 0 Å². The summed E-state index contributed by atoms with van der Waals surface area (Å²) in [6.45, 7) is 4.34. The van der Waals surface area contributed by atoms with Gasteiger partial charge in [-0.2, -0.15) is 0 Å². The first kappa shape index (κ1) is 24.0. The number of ether oxygens (including phenoxy) is 1. The first-order valence-electron chi connectivity index (χ1n) is 9.75. The van der Waals surface area contributed by atoms with Crippen LogP contribution in [0.15, 0.2) is 48.8 Å². The minimum absolute atomic E-state index is 0. The van der Waals surface area contributed by atoms with Crippen LogP contribution < -0.4 is 10.1 Å². The second-order valence-corrected chi connectivity index (χ2v) is 7.42. The van der Waals surface area contributed by atoms with Crippen molar-refractivity contribution in [3.8, 4) is 5.75 Å². The topological polar surface area (TPSA) is 58.9 Å². The molecule has 6 nitrogen and oxygen atoms in total. The van der Waals surface area contributed by atoms with Gasteiger partial charge in [-0.1, -0.05) is 12.1 Å². The summed E-state index contributed by atoms with van der Waals surface area (Å²) in [5, 5.41) is 3.34. The molecule has 3 aromatic rings. The number of rotatable bonds is 5. The fraction of sp³-hybridized carbons (Fsp3) is 0.364. The van der Waals surface area contributed by atoms with Gasteiger partial charge in [-0.05, 0) is 62.7 Å². The third-order valence-corrected chi connectivity index (χ3v) is 5.29. The third-order valence-electron chi connectivity index (χ3n) is 5.29. The van der Waals surface area contributed by atoms with Crippen LogP contribution in [-0.4, -0.2) is 46.4 Å². The zero-order valence-electron chi connectivity index (χ0n) is 17.2. The van der Waals surface area contributed by atoms with E-state index in [1.54, 1.807) is 0 Å². The molecule has 0 radical (unpaired) electrons. The molecule has 3 heterocycles. The molecule has 1 aliphatic rings. The Morgan fingerprint density at radius 1 is 1.20 bits per heavy atom. The summed E-state index contributed by atoms with van der Waals surface area (Å²) in [7, 11) is 1.89. The highest BCUT2D eigenvalue weighted by molar-refractivity contribution is 5.94. The molecule has 0 saturated carbocycles. The van der Waals surface area contributed by atoms with Crippen LogP contribution in [0.25, 0.3) is 5.65 Å². The number of nitrogens with one attached hydrogen (secondary N) is 1. The number of carbonyl (C=O) groups is 1. The number of pyridine rings is 1. The summed E-state index contributed by atoms with van der Waals surface area (Å²) in [6.07, 6.45) is 6.00. The van der Waals surface area contributed by atoms with Crippen LogP contribution in [-0.2, 0) is 6.61 Å². The van der Waals surface area contributed by atoms with E-state index in [1.165, 1.54) is 5.56 Å². The summed E-state index contributed by atoms with van der Waals surface area (Å²) in [5.41, 5.74) is 3.59. The largest absolute Gasteiger partial charge is 0.487 e. The number of halogens is 2. The lowest BCUT2D eigenvalue weighted by Gasteiger charge is -2.31. The molecule has 1 amide bonds. The molecule has 1 fully saturated rings.